The van der Waals surface area contributed by atoms with Crippen molar-refractivity contribution in [1.82, 2.24) is 5.32 Å². The quantitative estimate of drug-likeness (QED) is 0.643. The Morgan fingerprint density at radius 1 is 0.933 bits per heavy atom. The first-order chi connectivity index (χ1) is 14.1. The normalized spacial score (nSPS) is 11.8. The number of amides is 3. The summed E-state index contributed by atoms with van der Waals surface area (Å²) >= 11 is 0. The van der Waals surface area contributed by atoms with E-state index in [2.05, 4.69) is 10.6 Å². The van der Waals surface area contributed by atoms with Crippen molar-refractivity contribution >= 4 is 23.8 Å². The van der Waals surface area contributed by atoms with Gasteiger partial charge in [0.25, 0.3) is 0 Å². The van der Waals surface area contributed by atoms with Gasteiger partial charge in [0.05, 0.1) is 0 Å². The van der Waals surface area contributed by atoms with E-state index in [4.69, 9.17) is 15.2 Å². The molecule has 3 amide bonds. The fraction of sp³-hybridized carbons (Fsp3) is 0.318. The zero-order chi connectivity index (χ0) is 22.1. The third-order valence-electron chi connectivity index (χ3n) is 3.89. The molecule has 2 rings (SSSR count). The van der Waals surface area contributed by atoms with Gasteiger partial charge in [-0.25, -0.2) is 9.59 Å². The first-order valence-electron chi connectivity index (χ1n) is 9.48. The minimum atomic E-state index is -0.922. The van der Waals surface area contributed by atoms with Crippen molar-refractivity contribution in [2.75, 3.05) is 5.32 Å². The second-order valence-corrected chi connectivity index (χ2v) is 7.69. The van der Waals surface area contributed by atoms with Crippen LogP contribution in [0.1, 0.15) is 31.9 Å². The monoisotopic (exact) mass is 413 g/mol. The molecule has 30 heavy (non-hydrogen) atoms. The van der Waals surface area contributed by atoms with Crippen LogP contribution >= 0.6 is 0 Å². The van der Waals surface area contributed by atoms with Gasteiger partial charge >= 0.3 is 12.2 Å². The van der Waals surface area contributed by atoms with E-state index < -0.39 is 29.7 Å². The van der Waals surface area contributed by atoms with E-state index in [-0.39, 0.29) is 13.0 Å². The maximum atomic E-state index is 11.9. The van der Waals surface area contributed by atoms with Crippen molar-refractivity contribution in [2.45, 2.75) is 45.4 Å². The number of carbonyl (C=O) groups is 3. The zero-order valence-electron chi connectivity index (χ0n) is 17.3. The molecule has 0 saturated heterocycles. The minimum Gasteiger partial charge on any atom is -0.444 e. The fourth-order valence-corrected chi connectivity index (χ4v) is 2.51. The molecule has 0 saturated carbocycles. The van der Waals surface area contributed by atoms with Crippen LogP contribution < -0.4 is 16.4 Å². The third kappa shape index (κ3) is 8.22. The number of primary amides is 1. The molecule has 0 aliphatic rings. The summed E-state index contributed by atoms with van der Waals surface area (Å²) in [6.07, 6.45) is -1.10. The molecule has 2 aromatic rings. The van der Waals surface area contributed by atoms with Crippen molar-refractivity contribution in [3.63, 3.8) is 0 Å². The van der Waals surface area contributed by atoms with E-state index in [9.17, 15) is 14.4 Å². The second kappa shape index (κ2) is 10.3. The Labute approximate surface area is 175 Å². The highest BCUT2D eigenvalue weighted by Crippen LogP contribution is 2.13. The van der Waals surface area contributed by atoms with Crippen LogP contribution in [-0.2, 0) is 27.3 Å². The van der Waals surface area contributed by atoms with E-state index >= 15 is 0 Å². The zero-order valence-corrected chi connectivity index (χ0v) is 17.3. The van der Waals surface area contributed by atoms with Gasteiger partial charge in [0, 0.05) is 12.1 Å². The first kappa shape index (κ1) is 22.7. The molecule has 0 heterocycles. The minimum absolute atomic E-state index is 0.168. The smallest absolute Gasteiger partial charge is 0.411 e. The van der Waals surface area contributed by atoms with Gasteiger partial charge in [-0.05, 0) is 44.0 Å². The van der Waals surface area contributed by atoms with E-state index in [1.807, 2.05) is 30.3 Å². The molecule has 0 spiro atoms. The van der Waals surface area contributed by atoms with Crippen LogP contribution in [0, 0.1) is 0 Å². The Morgan fingerprint density at radius 2 is 1.57 bits per heavy atom. The van der Waals surface area contributed by atoms with E-state index in [0.717, 1.165) is 11.1 Å². The predicted octanol–water partition coefficient (Wildman–Crippen LogP) is 3.36. The molecule has 0 unspecified atom stereocenters. The number of nitrogens with two attached hydrogens (primary N) is 1. The maximum absolute atomic E-state index is 11.9. The summed E-state index contributed by atoms with van der Waals surface area (Å²) in [5.41, 5.74) is 6.88. The Hall–Kier alpha value is -3.55. The summed E-state index contributed by atoms with van der Waals surface area (Å²) < 4.78 is 10.3. The van der Waals surface area contributed by atoms with Gasteiger partial charge in [-0.3, -0.25) is 10.1 Å². The topological polar surface area (TPSA) is 120 Å². The lowest BCUT2D eigenvalue weighted by atomic mass is 10.1. The molecule has 0 fully saturated rings. The van der Waals surface area contributed by atoms with Crippen LogP contribution in [0.4, 0.5) is 15.3 Å². The van der Waals surface area contributed by atoms with Crippen LogP contribution in [0.2, 0.25) is 0 Å². The lowest BCUT2D eigenvalue weighted by molar-refractivity contribution is -0.120. The van der Waals surface area contributed by atoms with Crippen molar-refractivity contribution in [2.24, 2.45) is 5.73 Å². The van der Waals surface area contributed by atoms with Gasteiger partial charge in [-0.15, -0.1) is 0 Å². The van der Waals surface area contributed by atoms with E-state index in [1.165, 1.54) is 0 Å². The molecule has 0 aliphatic heterocycles. The average molecular weight is 413 g/mol. The van der Waals surface area contributed by atoms with Crippen LogP contribution in [0.3, 0.4) is 0 Å². The highest BCUT2D eigenvalue weighted by molar-refractivity contribution is 5.85. The summed E-state index contributed by atoms with van der Waals surface area (Å²) in [6, 6.07) is 15.2. The molecule has 0 aromatic heterocycles. The Bertz CT molecular complexity index is 861. The van der Waals surface area contributed by atoms with Crippen molar-refractivity contribution in [3.8, 4) is 0 Å². The van der Waals surface area contributed by atoms with Gasteiger partial charge < -0.3 is 20.5 Å². The number of hydrogen-bond acceptors (Lipinski definition) is 5. The average Bonchev–Trinajstić information content (AvgIpc) is 2.66. The molecular formula is C22H27N3O5. The molecule has 160 valence electrons. The number of nitrogens with one attached hydrogen (secondary N) is 2. The highest BCUT2D eigenvalue weighted by atomic mass is 16.6. The summed E-state index contributed by atoms with van der Waals surface area (Å²) in [4.78, 5) is 35.5. The van der Waals surface area contributed by atoms with Crippen molar-refractivity contribution in [3.05, 3.63) is 65.7 Å². The SMILES string of the molecule is CC(C)(C)OC(=O)N[C@@H](Cc1ccc(NC(=O)OCc2ccccc2)cc1)C(N)=O. The molecule has 8 heteroatoms. The first-order valence-corrected chi connectivity index (χ1v) is 9.48. The maximum Gasteiger partial charge on any atom is 0.411 e. The Balaban J connectivity index is 1.88. The summed E-state index contributed by atoms with van der Waals surface area (Å²) in [7, 11) is 0. The lowest BCUT2D eigenvalue weighted by Gasteiger charge is -2.22. The summed E-state index contributed by atoms with van der Waals surface area (Å²) in [6.45, 7) is 5.34. The molecule has 0 aliphatic carbocycles. The molecule has 8 nitrogen and oxygen atoms in total. The van der Waals surface area contributed by atoms with Crippen molar-refractivity contribution in [1.29, 1.82) is 0 Å². The molecular weight excluding hydrogens is 386 g/mol. The molecule has 0 bridgehead atoms. The molecule has 0 radical (unpaired) electrons. The number of rotatable bonds is 7. The second-order valence-electron chi connectivity index (χ2n) is 7.69. The highest BCUT2D eigenvalue weighted by Gasteiger charge is 2.23. The Kier molecular flexibility index (Phi) is 7.80. The van der Waals surface area contributed by atoms with Crippen LogP contribution in [0.25, 0.3) is 0 Å². The van der Waals surface area contributed by atoms with Crippen LogP contribution in [0.15, 0.2) is 54.6 Å². The predicted molar refractivity (Wildman–Crippen MR) is 113 cm³/mol. The van der Waals surface area contributed by atoms with Crippen LogP contribution in [0.5, 0.6) is 0 Å². The van der Waals surface area contributed by atoms with Crippen molar-refractivity contribution < 1.29 is 23.9 Å². The van der Waals surface area contributed by atoms with Gasteiger partial charge in [-0.1, -0.05) is 42.5 Å². The van der Waals surface area contributed by atoms with E-state index in [1.54, 1.807) is 45.0 Å². The van der Waals surface area contributed by atoms with Gasteiger partial charge in [0.2, 0.25) is 5.91 Å². The number of benzene rings is 2. The van der Waals surface area contributed by atoms with Crippen LogP contribution in [-0.4, -0.2) is 29.7 Å². The number of hydrogen-bond donors (Lipinski definition) is 3. The summed E-state index contributed by atoms with van der Waals surface area (Å²) in [5, 5.41) is 5.11. The molecule has 1 atom stereocenters. The fourth-order valence-electron chi connectivity index (χ4n) is 2.51. The van der Waals surface area contributed by atoms with Gasteiger partial charge in [0.15, 0.2) is 0 Å². The van der Waals surface area contributed by atoms with Gasteiger partial charge in [0.1, 0.15) is 18.2 Å². The third-order valence-corrected chi connectivity index (χ3v) is 3.89. The van der Waals surface area contributed by atoms with E-state index in [0.29, 0.717) is 5.69 Å². The Morgan fingerprint density at radius 3 is 2.13 bits per heavy atom. The molecule has 4 N–H and O–H groups in total. The lowest BCUT2D eigenvalue weighted by Crippen LogP contribution is -2.47. The van der Waals surface area contributed by atoms with Gasteiger partial charge in [-0.2, -0.15) is 0 Å². The number of ether oxygens (including phenoxy) is 2. The standard InChI is InChI=1S/C22H27N3O5/c1-22(2,3)30-21(28)25-18(19(23)26)13-15-9-11-17(12-10-15)24-20(27)29-14-16-7-5-4-6-8-16/h4-12,18H,13-14H2,1-3H3,(H2,23,26)(H,24,27)(H,25,28)/t18-/m0/s1. The number of alkyl carbamates (subject to hydrolysis) is 1. The summed E-state index contributed by atoms with van der Waals surface area (Å²) in [5.74, 6) is -0.674. The largest absolute Gasteiger partial charge is 0.444 e. The number of anilines is 1. The molecule has 2 aromatic carbocycles. The number of carbonyl (C=O) groups excluding carboxylic acids is 3.